The molecule has 0 radical (unpaired) electrons. The van der Waals surface area contributed by atoms with Crippen LogP contribution in [0.4, 0.5) is 13.6 Å². The number of imidazole rings is 1. The largest absolute Gasteiger partial charge is 0.444 e. The van der Waals surface area contributed by atoms with Gasteiger partial charge in [-0.3, -0.25) is 4.90 Å². The molecule has 1 aliphatic carbocycles. The second-order valence-corrected chi connectivity index (χ2v) is 16.9. The number of rotatable bonds is 6. The fourth-order valence-electron chi connectivity index (χ4n) is 3.97. The van der Waals surface area contributed by atoms with Crippen molar-refractivity contribution < 1.29 is 27.8 Å². The molecule has 0 saturated heterocycles. The minimum absolute atomic E-state index is 0.0373. The molecular formula is C25H39F2N3O4Si. The molecule has 0 fully saturated rings. The SMILES string of the molecule is CN(C(=O)OC(C)(C)C)C(CO[Si](C)(C)C(C)(C)C)c1nc2c(F)c3c(c(F)c2[nH]1)CC(CO)C3. The first-order valence-electron chi connectivity index (χ1n) is 12.1. The van der Waals surface area contributed by atoms with Gasteiger partial charge in [-0.25, -0.2) is 18.6 Å². The van der Waals surface area contributed by atoms with Crippen molar-refractivity contribution in [3.63, 3.8) is 0 Å². The van der Waals surface area contributed by atoms with Crippen LogP contribution in [0.2, 0.25) is 18.1 Å². The lowest BCUT2D eigenvalue weighted by Gasteiger charge is -2.38. The molecule has 10 heteroatoms. The number of halogens is 2. The number of amides is 1. The molecule has 2 unspecified atom stereocenters. The molecule has 0 spiro atoms. The van der Waals surface area contributed by atoms with E-state index in [9.17, 15) is 9.90 Å². The van der Waals surface area contributed by atoms with Crippen molar-refractivity contribution in [1.82, 2.24) is 14.9 Å². The molecule has 1 aromatic carbocycles. The number of carbonyl (C=O) groups is 1. The van der Waals surface area contributed by atoms with Gasteiger partial charge in [-0.05, 0) is 68.8 Å². The summed E-state index contributed by atoms with van der Waals surface area (Å²) < 4.78 is 42.7. The first-order chi connectivity index (χ1) is 16.0. The molecule has 2 aromatic rings. The highest BCUT2D eigenvalue weighted by atomic mass is 28.4. The maximum atomic E-state index is 15.4. The predicted molar refractivity (Wildman–Crippen MR) is 134 cm³/mol. The van der Waals surface area contributed by atoms with E-state index in [-0.39, 0.29) is 65.0 Å². The Morgan fingerprint density at radius 1 is 1.17 bits per heavy atom. The first kappa shape index (κ1) is 27.5. The minimum atomic E-state index is -2.21. The van der Waals surface area contributed by atoms with E-state index in [1.54, 1.807) is 27.8 Å². The highest BCUT2D eigenvalue weighted by Gasteiger charge is 2.40. The Kier molecular flexibility index (Phi) is 7.43. The van der Waals surface area contributed by atoms with Gasteiger partial charge in [-0.2, -0.15) is 0 Å². The molecule has 7 nitrogen and oxygen atoms in total. The van der Waals surface area contributed by atoms with E-state index in [2.05, 4.69) is 43.8 Å². The normalized spacial score (nSPS) is 16.0. The van der Waals surface area contributed by atoms with Gasteiger partial charge in [0.25, 0.3) is 0 Å². The maximum absolute atomic E-state index is 15.4. The topological polar surface area (TPSA) is 87.7 Å². The number of benzene rings is 1. The number of nitrogens with one attached hydrogen (secondary N) is 1. The second-order valence-electron chi connectivity index (χ2n) is 12.1. The van der Waals surface area contributed by atoms with Crippen molar-refractivity contribution in [2.45, 2.75) is 84.2 Å². The fraction of sp³-hybridized carbons (Fsp3) is 0.680. The first-order valence-corrected chi connectivity index (χ1v) is 15.0. The van der Waals surface area contributed by atoms with E-state index in [1.807, 2.05) is 0 Å². The Bertz CT molecular complexity index is 1060. The van der Waals surface area contributed by atoms with Gasteiger partial charge in [0.15, 0.2) is 20.0 Å². The van der Waals surface area contributed by atoms with Crippen LogP contribution in [-0.2, 0) is 22.0 Å². The molecule has 2 N–H and O–H groups in total. The summed E-state index contributed by atoms with van der Waals surface area (Å²) in [6, 6.07) is -0.745. The average Bonchev–Trinajstić information content (AvgIpc) is 3.35. The van der Waals surface area contributed by atoms with Crippen LogP contribution in [0, 0.1) is 17.6 Å². The molecule has 0 aliphatic heterocycles. The Morgan fingerprint density at radius 3 is 2.26 bits per heavy atom. The van der Waals surface area contributed by atoms with Crippen LogP contribution in [0.25, 0.3) is 11.0 Å². The Labute approximate surface area is 207 Å². The zero-order valence-electron chi connectivity index (χ0n) is 22.3. The van der Waals surface area contributed by atoms with Gasteiger partial charge in [0.05, 0.1) is 6.61 Å². The lowest BCUT2D eigenvalue weighted by molar-refractivity contribution is 0.0157. The lowest BCUT2D eigenvalue weighted by Crippen LogP contribution is -2.45. The summed E-state index contributed by atoms with van der Waals surface area (Å²) in [5.74, 6) is -1.12. The van der Waals surface area contributed by atoms with Crippen molar-refractivity contribution in [2.24, 2.45) is 5.92 Å². The Balaban J connectivity index is 2.04. The average molecular weight is 512 g/mol. The molecule has 1 amide bonds. The lowest BCUT2D eigenvalue weighted by atomic mass is 10.1. The van der Waals surface area contributed by atoms with Crippen molar-refractivity contribution in [2.75, 3.05) is 20.3 Å². The third-order valence-corrected chi connectivity index (χ3v) is 11.7. The van der Waals surface area contributed by atoms with E-state index >= 15 is 8.78 Å². The number of aromatic nitrogens is 2. The van der Waals surface area contributed by atoms with Crippen molar-refractivity contribution >= 4 is 25.4 Å². The van der Waals surface area contributed by atoms with Crippen LogP contribution in [-0.4, -0.2) is 60.2 Å². The van der Waals surface area contributed by atoms with Crippen LogP contribution >= 0.6 is 0 Å². The fourth-order valence-corrected chi connectivity index (χ4v) is 4.98. The summed E-state index contributed by atoms with van der Waals surface area (Å²) in [7, 11) is -0.639. The summed E-state index contributed by atoms with van der Waals surface area (Å²) in [5, 5.41) is 9.40. The van der Waals surface area contributed by atoms with Crippen LogP contribution in [0.1, 0.15) is 64.5 Å². The third kappa shape index (κ3) is 5.54. The summed E-state index contributed by atoms with van der Waals surface area (Å²) in [5.41, 5.74) is -0.318. The van der Waals surface area contributed by atoms with Crippen molar-refractivity contribution in [3.05, 3.63) is 28.6 Å². The van der Waals surface area contributed by atoms with Gasteiger partial charge in [0.2, 0.25) is 0 Å². The number of hydrogen-bond donors (Lipinski definition) is 2. The zero-order valence-corrected chi connectivity index (χ0v) is 23.3. The Hall–Kier alpha value is -2.04. The molecule has 2 atom stereocenters. The molecule has 0 bridgehead atoms. The third-order valence-electron chi connectivity index (χ3n) is 7.16. The van der Waals surface area contributed by atoms with E-state index in [0.29, 0.717) is 0 Å². The predicted octanol–water partition coefficient (Wildman–Crippen LogP) is 5.48. The molecule has 196 valence electrons. The minimum Gasteiger partial charge on any atom is -0.444 e. The summed E-state index contributed by atoms with van der Waals surface area (Å²) >= 11 is 0. The van der Waals surface area contributed by atoms with Crippen LogP contribution in [0.15, 0.2) is 0 Å². The van der Waals surface area contributed by atoms with E-state index in [1.165, 1.54) is 4.90 Å². The zero-order chi connectivity index (χ0) is 26.5. The summed E-state index contributed by atoms with van der Waals surface area (Å²) in [6.07, 6.45) is -0.0483. The quantitative estimate of drug-likeness (QED) is 0.502. The number of aliphatic hydroxyl groups excluding tert-OH is 1. The smallest absolute Gasteiger partial charge is 0.410 e. The summed E-state index contributed by atoms with van der Waals surface area (Å²) in [6.45, 7) is 15.8. The van der Waals surface area contributed by atoms with Gasteiger partial charge in [0, 0.05) is 13.7 Å². The standard InChI is InChI=1S/C25H39F2N3O4Si/c1-24(2,3)34-23(32)30(7)17(13-33-35(8,9)25(4,5)6)22-28-20-18(26)15-10-14(12-31)11-16(15)19(27)21(20)29-22/h14,17,31H,10-13H2,1-9H3,(H,28,29). The van der Waals surface area contributed by atoms with Gasteiger partial charge >= 0.3 is 6.09 Å². The molecule has 1 aromatic heterocycles. The number of ether oxygens (including phenoxy) is 1. The number of fused-ring (bicyclic) bond motifs is 2. The second kappa shape index (κ2) is 9.44. The number of aliphatic hydroxyl groups is 1. The van der Waals surface area contributed by atoms with E-state index in [0.717, 1.165) is 0 Å². The van der Waals surface area contributed by atoms with Gasteiger partial charge in [-0.1, -0.05) is 20.8 Å². The number of nitrogens with zero attached hydrogens (tertiary/aromatic N) is 2. The monoisotopic (exact) mass is 511 g/mol. The molecule has 3 rings (SSSR count). The summed E-state index contributed by atoms with van der Waals surface area (Å²) in [4.78, 5) is 21.6. The Morgan fingerprint density at radius 2 is 1.74 bits per heavy atom. The number of likely N-dealkylation sites (N-methyl/N-ethyl adjacent to an activating group) is 1. The van der Waals surface area contributed by atoms with Crippen molar-refractivity contribution in [3.8, 4) is 0 Å². The van der Waals surface area contributed by atoms with Gasteiger partial charge in [-0.15, -0.1) is 0 Å². The molecule has 1 aliphatic rings. The number of aromatic amines is 1. The number of hydrogen-bond acceptors (Lipinski definition) is 5. The van der Waals surface area contributed by atoms with Crippen LogP contribution in [0.5, 0.6) is 0 Å². The molecule has 0 saturated carbocycles. The molecule has 1 heterocycles. The number of carbonyl (C=O) groups excluding carboxylic acids is 1. The van der Waals surface area contributed by atoms with Crippen molar-refractivity contribution in [1.29, 1.82) is 0 Å². The molecular weight excluding hydrogens is 472 g/mol. The van der Waals surface area contributed by atoms with Crippen LogP contribution < -0.4 is 0 Å². The maximum Gasteiger partial charge on any atom is 0.410 e. The highest BCUT2D eigenvalue weighted by molar-refractivity contribution is 6.74. The van der Waals surface area contributed by atoms with Crippen LogP contribution in [0.3, 0.4) is 0 Å². The molecule has 35 heavy (non-hydrogen) atoms. The van der Waals surface area contributed by atoms with Gasteiger partial charge in [0.1, 0.15) is 28.5 Å². The number of H-pyrrole nitrogens is 1. The van der Waals surface area contributed by atoms with Gasteiger partial charge < -0.3 is 19.3 Å². The van der Waals surface area contributed by atoms with E-state index < -0.39 is 37.7 Å². The highest BCUT2D eigenvalue weighted by Crippen LogP contribution is 2.39. The van der Waals surface area contributed by atoms with E-state index in [4.69, 9.17) is 9.16 Å².